The maximum absolute atomic E-state index is 13.5. The van der Waals surface area contributed by atoms with Crippen molar-refractivity contribution in [2.45, 2.75) is 52.6 Å². The highest BCUT2D eigenvalue weighted by Gasteiger charge is 2.36. The first-order chi connectivity index (χ1) is 17.2. The lowest BCUT2D eigenvalue weighted by Gasteiger charge is -2.36. The van der Waals surface area contributed by atoms with Crippen LogP contribution in [0.3, 0.4) is 0 Å². The van der Waals surface area contributed by atoms with Gasteiger partial charge in [0.1, 0.15) is 0 Å². The van der Waals surface area contributed by atoms with Crippen molar-refractivity contribution >= 4 is 5.91 Å². The summed E-state index contributed by atoms with van der Waals surface area (Å²) in [6, 6.07) is 9.92. The molecular weight excluding hydrogens is 452 g/mol. The van der Waals surface area contributed by atoms with Crippen LogP contribution in [0.2, 0.25) is 0 Å². The molecule has 0 spiro atoms. The number of aryl methyl sites for hydroxylation is 3. The number of ether oxygens (including phenoxy) is 1. The molecule has 0 saturated carbocycles. The van der Waals surface area contributed by atoms with Crippen molar-refractivity contribution in [3.8, 4) is 11.1 Å². The van der Waals surface area contributed by atoms with E-state index >= 15 is 0 Å². The van der Waals surface area contributed by atoms with Crippen LogP contribution in [-0.2, 0) is 21.6 Å². The van der Waals surface area contributed by atoms with Crippen molar-refractivity contribution in [1.29, 1.82) is 0 Å². The van der Waals surface area contributed by atoms with E-state index in [1.807, 2.05) is 32.3 Å². The summed E-state index contributed by atoms with van der Waals surface area (Å²) in [5, 5.41) is 0. The average Bonchev–Trinajstić information content (AvgIpc) is 2.85. The molecule has 1 aromatic carbocycles. The van der Waals surface area contributed by atoms with Gasteiger partial charge < -0.3 is 15.0 Å². The van der Waals surface area contributed by atoms with Crippen LogP contribution in [0.25, 0.3) is 11.1 Å². The van der Waals surface area contributed by atoms with E-state index in [-0.39, 0.29) is 12.0 Å². The molecule has 1 aliphatic rings. The highest BCUT2D eigenvalue weighted by Crippen LogP contribution is 2.36. The van der Waals surface area contributed by atoms with Gasteiger partial charge in [-0.1, -0.05) is 25.1 Å². The Morgan fingerprint density at radius 3 is 2.42 bits per heavy atom. The number of primary amides is 1. The second-order valence-electron chi connectivity index (χ2n) is 9.84. The Morgan fingerprint density at radius 2 is 1.78 bits per heavy atom. The molecule has 0 aliphatic carbocycles. The third-order valence-electron chi connectivity index (χ3n) is 7.42. The molecule has 1 saturated heterocycles. The van der Waals surface area contributed by atoms with Gasteiger partial charge in [0.05, 0.1) is 25.2 Å². The number of carbonyl (C=O) groups is 1. The highest BCUT2D eigenvalue weighted by atomic mass is 16.5. The van der Waals surface area contributed by atoms with Crippen LogP contribution >= 0.6 is 0 Å². The van der Waals surface area contributed by atoms with Crippen molar-refractivity contribution in [3.05, 3.63) is 87.1 Å². The van der Waals surface area contributed by atoms with E-state index in [0.29, 0.717) is 26.2 Å². The number of carbonyl (C=O) groups excluding carboxylic acids is 1. The number of benzene rings is 1. The molecule has 3 heterocycles. The Morgan fingerprint density at radius 1 is 1.08 bits per heavy atom. The van der Waals surface area contributed by atoms with Crippen LogP contribution < -0.4 is 11.3 Å². The zero-order chi connectivity index (χ0) is 25.9. The summed E-state index contributed by atoms with van der Waals surface area (Å²) in [6.45, 7) is 11.9. The van der Waals surface area contributed by atoms with Gasteiger partial charge in [-0.25, -0.2) is 0 Å². The number of hydrogen-bond acceptors (Lipinski definition) is 5. The van der Waals surface area contributed by atoms with Gasteiger partial charge in [0.2, 0.25) is 5.91 Å². The zero-order valence-electron chi connectivity index (χ0n) is 21.7. The summed E-state index contributed by atoms with van der Waals surface area (Å²) < 4.78 is 7.21. The molecule has 0 radical (unpaired) electrons. The summed E-state index contributed by atoms with van der Waals surface area (Å²) in [6.07, 6.45) is 6.03. The molecule has 1 fully saturated rings. The molecule has 7 nitrogen and oxygen atoms in total. The minimum absolute atomic E-state index is 0.00134. The fourth-order valence-electron chi connectivity index (χ4n) is 5.38. The fourth-order valence-corrected chi connectivity index (χ4v) is 5.38. The van der Waals surface area contributed by atoms with Crippen LogP contribution in [-0.4, -0.2) is 46.7 Å². The Balaban J connectivity index is 1.87. The number of amides is 1. The summed E-state index contributed by atoms with van der Waals surface area (Å²) in [7, 11) is 0. The van der Waals surface area contributed by atoms with Crippen LogP contribution in [0, 0.1) is 20.8 Å². The van der Waals surface area contributed by atoms with Crippen molar-refractivity contribution in [2.75, 3.05) is 26.3 Å². The molecule has 190 valence electrons. The predicted octanol–water partition coefficient (Wildman–Crippen LogP) is 3.70. The monoisotopic (exact) mass is 488 g/mol. The van der Waals surface area contributed by atoms with Gasteiger partial charge >= 0.3 is 0 Å². The zero-order valence-corrected chi connectivity index (χ0v) is 21.7. The van der Waals surface area contributed by atoms with Gasteiger partial charge in [0.25, 0.3) is 5.56 Å². The molecule has 2 aromatic heterocycles. The van der Waals surface area contributed by atoms with Crippen molar-refractivity contribution in [1.82, 2.24) is 14.5 Å². The minimum atomic E-state index is -0.948. The third-order valence-corrected chi connectivity index (χ3v) is 7.42. The van der Waals surface area contributed by atoms with Gasteiger partial charge in [0, 0.05) is 49.9 Å². The Labute approximate surface area is 212 Å². The fraction of sp³-hybridized carbons (Fsp3) is 0.414. The molecule has 1 aliphatic heterocycles. The lowest BCUT2D eigenvalue weighted by atomic mass is 9.82. The SMILES string of the molecule is CC[C@](CC(N)=O)(c1cncc(-c2c(C)cccc2C)c1)n1cc(CN2CCOCC2)c(C)cc1=O. The van der Waals surface area contributed by atoms with Crippen molar-refractivity contribution in [3.63, 3.8) is 0 Å². The van der Waals surface area contributed by atoms with Gasteiger partial charge in [-0.05, 0) is 66.6 Å². The first-order valence-corrected chi connectivity index (χ1v) is 12.6. The molecule has 7 heteroatoms. The van der Waals surface area contributed by atoms with Crippen LogP contribution in [0.5, 0.6) is 0 Å². The van der Waals surface area contributed by atoms with Gasteiger partial charge in [-0.15, -0.1) is 0 Å². The number of nitrogens with zero attached hydrogens (tertiary/aromatic N) is 3. The predicted molar refractivity (Wildman–Crippen MR) is 142 cm³/mol. The number of pyridine rings is 2. The number of morpholine rings is 1. The Hall–Kier alpha value is -3.29. The first kappa shape index (κ1) is 25.8. The Kier molecular flexibility index (Phi) is 7.71. The topological polar surface area (TPSA) is 90.5 Å². The van der Waals surface area contributed by atoms with Gasteiger partial charge in [0.15, 0.2) is 0 Å². The third kappa shape index (κ3) is 5.13. The molecule has 3 aromatic rings. The lowest BCUT2D eigenvalue weighted by Crippen LogP contribution is -2.45. The van der Waals surface area contributed by atoms with Crippen LogP contribution in [0.1, 0.15) is 47.6 Å². The summed E-state index contributed by atoms with van der Waals surface area (Å²) in [5.41, 5.74) is 11.8. The first-order valence-electron chi connectivity index (χ1n) is 12.6. The lowest BCUT2D eigenvalue weighted by molar-refractivity contribution is -0.119. The number of rotatable bonds is 8. The molecule has 2 N–H and O–H groups in total. The molecule has 1 atom stereocenters. The normalized spacial score (nSPS) is 16.0. The summed E-state index contributed by atoms with van der Waals surface area (Å²) >= 11 is 0. The second-order valence-corrected chi connectivity index (χ2v) is 9.84. The van der Waals surface area contributed by atoms with E-state index in [2.05, 4.69) is 41.9 Å². The van der Waals surface area contributed by atoms with E-state index in [1.165, 1.54) is 0 Å². The smallest absolute Gasteiger partial charge is 0.251 e. The number of hydrogen-bond donors (Lipinski definition) is 1. The highest BCUT2D eigenvalue weighted by molar-refractivity contribution is 5.76. The average molecular weight is 489 g/mol. The molecular formula is C29H36N4O3. The molecule has 0 unspecified atom stereocenters. The summed E-state index contributed by atoms with van der Waals surface area (Å²) in [5.74, 6) is -0.462. The maximum atomic E-state index is 13.5. The van der Waals surface area contributed by atoms with Crippen LogP contribution in [0.15, 0.2) is 53.7 Å². The largest absolute Gasteiger partial charge is 0.379 e. The Bertz CT molecular complexity index is 1290. The quantitative estimate of drug-likeness (QED) is 0.522. The van der Waals surface area contributed by atoms with E-state index in [1.54, 1.807) is 16.8 Å². The van der Waals surface area contributed by atoms with Gasteiger partial charge in [-0.3, -0.25) is 19.5 Å². The van der Waals surface area contributed by atoms with Crippen molar-refractivity contribution < 1.29 is 9.53 Å². The van der Waals surface area contributed by atoms with E-state index in [0.717, 1.165) is 52.0 Å². The molecule has 1 amide bonds. The van der Waals surface area contributed by atoms with Gasteiger partial charge in [-0.2, -0.15) is 0 Å². The van der Waals surface area contributed by atoms with E-state index < -0.39 is 11.4 Å². The number of aromatic nitrogens is 2. The summed E-state index contributed by atoms with van der Waals surface area (Å²) in [4.78, 5) is 32.8. The minimum Gasteiger partial charge on any atom is -0.379 e. The molecule has 36 heavy (non-hydrogen) atoms. The van der Waals surface area contributed by atoms with E-state index in [9.17, 15) is 9.59 Å². The maximum Gasteiger partial charge on any atom is 0.251 e. The molecule has 0 bridgehead atoms. The number of nitrogens with two attached hydrogens (primary N) is 1. The molecule has 4 rings (SSSR count). The van der Waals surface area contributed by atoms with Crippen LogP contribution in [0.4, 0.5) is 0 Å². The van der Waals surface area contributed by atoms with Crippen molar-refractivity contribution in [2.24, 2.45) is 5.73 Å². The standard InChI is InChI=1S/C29H36N4O3/c1-5-29(15-26(30)34,25-14-23(16-31-17-25)28-20(2)7-6-8-21(28)3)33-19-24(22(4)13-27(33)35)18-32-9-11-36-12-10-32/h6-8,13-14,16-17,19H,5,9-12,15,18H2,1-4H3,(H2,30,34)/t29-/m0/s1. The second kappa shape index (κ2) is 10.8. The van der Waals surface area contributed by atoms with E-state index in [4.69, 9.17) is 10.5 Å².